The minimum atomic E-state index is -1.47. The molecule has 5 heteroatoms. The summed E-state index contributed by atoms with van der Waals surface area (Å²) in [7, 11) is 0. The van der Waals surface area contributed by atoms with E-state index in [4.69, 9.17) is 6.57 Å². The van der Waals surface area contributed by atoms with Gasteiger partial charge in [0.15, 0.2) is 0 Å². The summed E-state index contributed by atoms with van der Waals surface area (Å²) in [5.41, 5.74) is 1.85. The Morgan fingerprint density at radius 2 is 1.96 bits per heavy atom. The van der Waals surface area contributed by atoms with Crippen molar-refractivity contribution in [2.45, 2.75) is 25.3 Å². The normalized spacial score (nSPS) is 15.1. The van der Waals surface area contributed by atoms with Gasteiger partial charge >= 0.3 is 11.5 Å². The van der Waals surface area contributed by atoms with Crippen LogP contribution in [0.15, 0.2) is 48.5 Å². The highest BCUT2D eigenvalue weighted by Crippen LogP contribution is 2.31. The maximum atomic E-state index is 12.7. The average Bonchev–Trinajstić information content (AvgIpc) is 3.04. The van der Waals surface area contributed by atoms with Gasteiger partial charge in [-0.25, -0.2) is 11.4 Å². The summed E-state index contributed by atoms with van der Waals surface area (Å²) in [6, 6.07) is 14.7. The molecular formula is C20H18N2O3. The molecule has 2 aromatic carbocycles. The van der Waals surface area contributed by atoms with Crippen molar-refractivity contribution in [2.24, 2.45) is 0 Å². The molecule has 1 atom stereocenters. The summed E-state index contributed by atoms with van der Waals surface area (Å²) in [5, 5.41) is 9.26. The van der Waals surface area contributed by atoms with E-state index in [2.05, 4.69) is 4.85 Å². The summed E-state index contributed by atoms with van der Waals surface area (Å²) < 4.78 is 0. The first-order valence-corrected chi connectivity index (χ1v) is 8.05. The number of benzene rings is 2. The fourth-order valence-corrected chi connectivity index (χ4v) is 3.07. The Balaban J connectivity index is 1.85. The van der Waals surface area contributed by atoms with Gasteiger partial charge in [0, 0.05) is 24.7 Å². The molecule has 126 valence electrons. The van der Waals surface area contributed by atoms with Crippen LogP contribution in [-0.2, 0) is 17.6 Å². The van der Waals surface area contributed by atoms with E-state index in [0.29, 0.717) is 12.1 Å². The highest BCUT2D eigenvalue weighted by atomic mass is 16.4. The molecule has 0 aliphatic carbocycles. The fraction of sp³-hybridized carbons (Fsp3) is 0.250. The van der Waals surface area contributed by atoms with Gasteiger partial charge in [-0.3, -0.25) is 9.64 Å². The minimum Gasteiger partial charge on any atom is -0.475 e. The molecule has 5 nitrogen and oxygen atoms in total. The minimum absolute atomic E-state index is 0.0383. The Labute approximate surface area is 146 Å². The molecule has 0 aromatic heterocycles. The van der Waals surface area contributed by atoms with Crippen molar-refractivity contribution < 1.29 is 14.7 Å². The van der Waals surface area contributed by atoms with E-state index >= 15 is 0 Å². The van der Waals surface area contributed by atoms with Crippen LogP contribution in [0.1, 0.15) is 28.4 Å². The Bertz CT molecular complexity index is 870. The lowest BCUT2D eigenvalue weighted by Gasteiger charge is -2.18. The smallest absolute Gasteiger partial charge is 0.390 e. The predicted molar refractivity (Wildman–Crippen MR) is 94.6 cm³/mol. The van der Waals surface area contributed by atoms with E-state index in [1.165, 1.54) is 6.92 Å². The van der Waals surface area contributed by atoms with Crippen molar-refractivity contribution in [1.29, 1.82) is 0 Å². The van der Waals surface area contributed by atoms with Gasteiger partial charge < -0.3 is 10.0 Å². The second kappa shape index (κ2) is 6.40. The summed E-state index contributed by atoms with van der Waals surface area (Å²) in [6.07, 6.45) is 0.870. The third kappa shape index (κ3) is 3.11. The molecule has 1 N–H and O–H groups in total. The lowest BCUT2D eigenvalue weighted by atomic mass is 9.92. The molecule has 1 amide bonds. The lowest BCUT2D eigenvalue weighted by molar-refractivity contribution is -0.141. The summed E-state index contributed by atoms with van der Waals surface area (Å²) in [6.45, 7) is 9.20. The molecule has 1 aliphatic rings. The number of carbonyl (C=O) groups is 2. The summed E-state index contributed by atoms with van der Waals surface area (Å²) >= 11 is 0. The van der Waals surface area contributed by atoms with Gasteiger partial charge in [0.05, 0.1) is 6.42 Å². The number of aliphatic carboxylic acids is 1. The van der Waals surface area contributed by atoms with E-state index in [-0.39, 0.29) is 12.3 Å². The Kier molecular flexibility index (Phi) is 4.28. The zero-order valence-electron chi connectivity index (χ0n) is 13.9. The molecule has 1 heterocycles. The highest BCUT2D eigenvalue weighted by Gasteiger charge is 2.40. The van der Waals surface area contributed by atoms with Gasteiger partial charge in [0.2, 0.25) is 0 Å². The molecule has 0 fully saturated rings. The molecule has 2 aromatic rings. The van der Waals surface area contributed by atoms with Crippen LogP contribution in [-0.4, -0.2) is 29.1 Å². The van der Waals surface area contributed by atoms with Gasteiger partial charge in [-0.2, -0.15) is 0 Å². The third-order valence-electron chi connectivity index (χ3n) is 4.56. The van der Waals surface area contributed by atoms with E-state index in [1.807, 2.05) is 36.4 Å². The lowest BCUT2D eigenvalue weighted by Crippen LogP contribution is -2.33. The van der Waals surface area contributed by atoms with Crippen molar-refractivity contribution in [3.05, 3.63) is 76.6 Å². The van der Waals surface area contributed by atoms with Crippen molar-refractivity contribution in [3.63, 3.8) is 0 Å². The van der Waals surface area contributed by atoms with Crippen molar-refractivity contribution in [1.82, 2.24) is 0 Å². The second-order valence-corrected chi connectivity index (χ2v) is 6.40. The second-order valence-electron chi connectivity index (χ2n) is 6.40. The molecule has 3 rings (SSSR count). The number of hydrogen-bond donors (Lipinski definition) is 1. The molecule has 0 saturated carbocycles. The van der Waals surface area contributed by atoms with E-state index in [1.54, 1.807) is 17.0 Å². The van der Waals surface area contributed by atoms with Crippen LogP contribution in [0.2, 0.25) is 0 Å². The van der Waals surface area contributed by atoms with Gasteiger partial charge in [0.1, 0.15) is 0 Å². The monoisotopic (exact) mass is 334 g/mol. The largest absolute Gasteiger partial charge is 0.475 e. The van der Waals surface area contributed by atoms with Gasteiger partial charge in [-0.15, -0.1) is 0 Å². The van der Waals surface area contributed by atoms with Gasteiger partial charge in [-0.1, -0.05) is 30.3 Å². The topological polar surface area (TPSA) is 62.0 Å². The Morgan fingerprint density at radius 3 is 2.60 bits per heavy atom. The van der Waals surface area contributed by atoms with Crippen molar-refractivity contribution >= 4 is 17.6 Å². The Morgan fingerprint density at radius 1 is 1.24 bits per heavy atom. The van der Waals surface area contributed by atoms with Crippen LogP contribution in [0.5, 0.6) is 0 Å². The number of amides is 1. The molecule has 0 spiro atoms. The molecule has 1 aliphatic heterocycles. The SMILES string of the molecule is [C-]#[N+]C(C)(Cc1ccc2c(c1)CCN2C(=O)c1ccccc1)C(=O)O. The maximum absolute atomic E-state index is 12.7. The average molecular weight is 334 g/mol. The summed E-state index contributed by atoms with van der Waals surface area (Å²) in [4.78, 5) is 29.0. The van der Waals surface area contributed by atoms with Crippen molar-refractivity contribution in [2.75, 3.05) is 11.4 Å². The first kappa shape index (κ1) is 16.7. The molecule has 0 saturated heterocycles. The number of fused-ring (bicyclic) bond motifs is 1. The number of nitrogens with zero attached hydrogens (tertiary/aromatic N) is 2. The number of hydrogen-bond acceptors (Lipinski definition) is 2. The van der Waals surface area contributed by atoms with Crippen LogP contribution in [0, 0.1) is 6.57 Å². The number of anilines is 1. The number of rotatable bonds is 4. The highest BCUT2D eigenvalue weighted by molar-refractivity contribution is 6.07. The van der Waals surface area contributed by atoms with Gasteiger partial charge in [-0.05, 0) is 35.7 Å². The zero-order chi connectivity index (χ0) is 18.0. The molecular weight excluding hydrogens is 316 g/mol. The van der Waals surface area contributed by atoms with Crippen molar-refractivity contribution in [3.8, 4) is 0 Å². The van der Waals surface area contributed by atoms with E-state index < -0.39 is 11.5 Å². The standard InChI is InChI=1S/C20H18N2O3/c1-20(21-2,19(24)25)13-14-8-9-17-16(12-14)10-11-22(17)18(23)15-6-4-3-5-7-15/h3-9,12H,10-11,13H2,1H3,(H,24,25). The number of carbonyl (C=O) groups excluding carboxylic acids is 1. The van der Waals surface area contributed by atoms with Crippen LogP contribution in [0.25, 0.3) is 4.85 Å². The fourth-order valence-electron chi connectivity index (χ4n) is 3.07. The summed E-state index contributed by atoms with van der Waals surface area (Å²) in [5.74, 6) is -1.16. The number of carboxylic acid groups (broad SMARTS) is 1. The van der Waals surface area contributed by atoms with Gasteiger partial charge in [0.25, 0.3) is 5.91 Å². The molecule has 0 radical (unpaired) electrons. The number of carboxylic acids is 1. The van der Waals surface area contributed by atoms with Crippen LogP contribution >= 0.6 is 0 Å². The van der Waals surface area contributed by atoms with E-state index in [9.17, 15) is 14.7 Å². The maximum Gasteiger partial charge on any atom is 0.390 e. The van der Waals surface area contributed by atoms with Crippen LogP contribution in [0.4, 0.5) is 5.69 Å². The first-order chi connectivity index (χ1) is 11.9. The first-order valence-electron chi connectivity index (χ1n) is 8.05. The predicted octanol–water partition coefficient (Wildman–Crippen LogP) is 3.19. The molecule has 1 unspecified atom stereocenters. The Hall–Kier alpha value is -3.13. The quantitative estimate of drug-likeness (QED) is 0.874. The van der Waals surface area contributed by atoms with Crippen LogP contribution < -0.4 is 4.90 Å². The molecule has 0 bridgehead atoms. The van der Waals surface area contributed by atoms with Crippen LogP contribution in [0.3, 0.4) is 0 Å². The zero-order valence-corrected chi connectivity index (χ0v) is 13.9. The van der Waals surface area contributed by atoms with E-state index in [0.717, 1.165) is 23.2 Å². The third-order valence-corrected chi connectivity index (χ3v) is 4.56. The molecule has 25 heavy (non-hydrogen) atoms.